The van der Waals surface area contributed by atoms with Gasteiger partial charge in [0.15, 0.2) is 17.5 Å². The fourth-order valence-electron chi connectivity index (χ4n) is 8.03. The van der Waals surface area contributed by atoms with Crippen LogP contribution in [0.3, 0.4) is 0 Å². The van der Waals surface area contributed by atoms with E-state index in [9.17, 15) is 0 Å². The number of fused-ring (bicyclic) bond motifs is 6. The predicted octanol–water partition coefficient (Wildman–Crippen LogP) is 13.2. The van der Waals surface area contributed by atoms with Crippen molar-refractivity contribution >= 4 is 43.7 Å². The molecule has 11 aromatic rings. The van der Waals surface area contributed by atoms with Crippen LogP contribution in [-0.4, -0.2) is 19.5 Å². The van der Waals surface area contributed by atoms with Crippen molar-refractivity contribution in [1.82, 2.24) is 19.5 Å². The molecule has 262 valence electrons. The number of nitrogens with zero attached hydrogens (tertiary/aromatic N) is 4. The van der Waals surface area contributed by atoms with E-state index in [1.54, 1.807) is 0 Å². The highest BCUT2D eigenvalue weighted by atomic mass is 16.3. The fourth-order valence-corrected chi connectivity index (χ4v) is 8.03. The van der Waals surface area contributed by atoms with Crippen LogP contribution in [0.5, 0.6) is 0 Å². The van der Waals surface area contributed by atoms with Crippen LogP contribution in [0.15, 0.2) is 199 Å². The van der Waals surface area contributed by atoms with Crippen LogP contribution in [0, 0.1) is 0 Å². The summed E-state index contributed by atoms with van der Waals surface area (Å²) in [5, 5.41) is 4.58. The standard InChI is InChI=1S/C51H32N4O/c1-4-15-33(16-5-1)39-24-13-26-43-44-27-14-25-40(48(44)56-47(39)43)36-29-30-42-41-23-10-11-28-45(41)55(46(42)32-36)38-22-12-21-37(31-38)51-53-49(34-17-6-2-7-18-34)52-50(54-51)35-19-8-3-9-20-35/h1-32H. The average Bonchev–Trinajstić information content (AvgIpc) is 3.83. The quantitative estimate of drug-likeness (QED) is 0.172. The van der Waals surface area contributed by atoms with E-state index in [0.717, 1.165) is 77.6 Å². The normalized spacial score (nSPS) is 11.6. The molecule has 0 saturated heterocycles. The molecule has 3 aromatic heterocycles. The summed E-state index contributed by atoms with van der Waals surface area (Å²) in [6, 6.07) is 67.4. The molecule has 0 bridgehead atoms. The largest absolute Gasteiger partial charge is 0.455 e. The Balaban J connectivity index is 1.09. The van der Waals surface area contributed by atoms with Crippen molar-refractivity contribution < 1.29 is 4.42 Å². The molecule has 0 saturated carbocycles. The van der Waals surface area contributed by atoms with Crippen LogP contribution in [0.1, 0.15) is 0 Å². The smallest absolute Gasteiger partial charge is 0.164 e. The third kappa shape index (κ3) is 5.29. The Kier molecular flexibility index (Phi) is 7.42. The summed E-state index contributed by atoms with van der Waals surface area (Å²) in [4.78, 5) is 15.0. The molecule has 0 aliphatic carbocycles. The van der Waals surface area contributed by atoms with Gasteiger partial charge < -0.3 is 8.98 Å². The topological polar surface area (TPSA) is 56.7 Å². The molecule has 0 atom stereocenters. The van der Waals surface area contributed by atoms with Crippen LogP contribution < -0.4 is 0 Å². The van der Waals surface area contributed by atoms with Crippen molar-refractivity contribution in [2.45, 2.75) is 0 Å². The first-order valence-electron chi connectivity index (χ1n) is 18.8. The van der Waals surface area contributed by atoms with Gasteiger partial charge in [0.25, 0.3) is 0 Å². The van der Waals surface area contributed by atoms with Crippen LogP contribution in [0.4, 0.5) is 0 Å². The lowest BCUT2D eigenvalue weighted by Crippen LogP contribution is -2.01. The summed E-state index contributed by atoms with van der Waals surface area (Å²) >= 11 is 0. The van der Waals surface area contributed by atoms with Gasteiger partial charge in [-0.2, -0.15) is 0 Å². The molecule has 5 nitrogen and oxygen atoms in total. The van der Waals surface area contributed by atoms with Crippen LogP contribution in [0.2, 0.25) is 0 Å². The van der Waals surface area contributed by atoms with E-state index in [4.69, 9.17) is 19.4 Å². The summed E-state index contributed by atoms with van der Waals surface area (Å²) < 4.78 is 9.18. The van der Waals surface area contributed by atoms with E-state index in [0.29, 0.717) is 17.5 Å². The SMILES string of the molecule is c1ccc(-c2nc(-c3ccccc3)nc(-c3cccc(-n4c5ccccc5c5ccc(-c6cccc7c6oc6c(-c8ccccc8)cccc67)cc54)c3)n2)cc1. The Morgan fingerprint density at radius 1 is 0.321 bits per heavy atom. The second-order valence-electron chi connectivity index (χ2n) is 14.0. The zero-order chi connectivity index (χ0) is 37.0. The second-order valence-corrected chi connectivity index (χ2v) is 14.0. The lowest BCUT2D eigenvalue weighted by atomic mass is 9.99. The third-order valence-electron chi connectivity index (χ3n) is 10.7. The molecule has 56 heavy (non-hydrogen) atoms. The van der Waals surface area contributed by atoms with Crippen molar-refractivity contribution in [1.29, 1.82) is 0 Å². The van der Waals surface area contributed by atoms with Gasteiger partial charge >= 0.3 is 0 Å². The molecule has 0 N–H and O–H groups in total. The number of hydrogen-bond acceptors (Lipinski definition) is 4. The zero-order valence-corrected chi connectivity index (χ0v) is 30.2. The molecule has 5 heteroatoms. The highest BCUT2D eigenvalue weighted by Crippen LogP contribution is 2.42. The molecular formula is C51H32N4O. The number of benzene rings is 8. The Labute approximate surface area is 322 Å². The van der Waals surface area contributed by atoms with Crippen LogP contribution >= 0.6 is 0 Å². The Hall–Kier alpha value is -7.63. The Morgan fingerprint density at radius 2 is 0.804 bits per heavy atom. The summed E-state index contributed by atoms with van der Waals surface area (Å²) in [7, 11) is 0. The summed E-state index contributed by atoms with van der Waals surface area (Å²) in [5.74, 6) is 1.89. The maximum atomic E-state index is 6.83. The number of rotatable bonds is 6. The highest BCUT2D eigenvalue weighted by molar-refractivity contribution is 6.14. The number of para-hydroxylation sites is 3. The van der Waals surface area contributed by atoms with Gasteiger partial charge in [-0.1, -0.05) is 170 Å². The van der Waals surface area contributed by atoms with E-state index in [2.05, 4.69) is 132 Å². The van der Waals surface area contributed by atoms with Crippen molar-refractivity contribution in [2.24, 2.45) is 0 Å². The first-order valence-corrected chi connectivity index (χ1v) is 18.8. The number of hydrogen-bond donors (Lipinski definition) is 0. The highest BCUT2D eigenvalue weighted by Gasteiger charge is 2.19. The monoisotopic (exact) mass is 716 g/mol. The molecule has 0 amide bonds. The lowest BCUT2D eigenvalue weighted by molar-refractivity contribution is 0.671. The Morgan fingerprint density at radius 3 is 1.45 bits per heavy atom. The van der Waals surface area contributed by atoms with Gasteiger partial charge in [0, 0.05) is 55.0 Å². The fraction of sp³-hybridized carbons (Fsp3) is 0. The molecule has 3 heterocycles. The van der Waals surface area contributed by atoms with Crippen molar-refractivity contribution in [2.75, 3.05) is 0 Å². The zero-order valence-electron chi connectivity index (χ0n) is 30.2. The van der Waals surface area contributed by atoms with E-state index >= 15 is 0 Å². The van der Waals surface area contributed by atoms with Gasteiger partial charge in [0.05, 0.1) is 11.0 Å². The molecule has 0 spiro atoms. The van der Waals surface area contributed by atoms with Gasteiger partial charge in [0.2, 0.25) is 0 Å². The van der Waals surface area contributed by atoms with E-state index in [1.165, 1.54) is 10.8 Å². The van der Waals surface area contributed by atoms with E-state index in [-0.39, 0.29) is 0 Å². The lowest BCUT2D eigenvalue weighted by Gasteiger charge is -2.12. The van der Waals surface area contributed by atoms with Crippen molar-refractivity contribution in [3.63, 3.8) is 0 Å². The first kappa shape index (κ1) is 31.9. The van der Waals surface area contributed by atoms with Gasteiger partial charge in [0.1, 0.15) is 11.2 Å². The molecule has 0 unspecified atom stereocenters. The van der Waals surface area contributed by atoms with Crippen LogP contribution in [0.25, 0.3) is 106 Å². The van der Waals surface area contributed by atoms with E-state index in [1.807, 2.05) is 66.7 Å². The molecule has 0 radical (unpaired) electrons. The van der Waals surface area contributed by atoms with Gasteiger partial charge in [-0.25, -0.2) is 15.0 Å². The first-order chi connectivity index (χ1) is 27.8. The minimum absolute atomic E-state index is 0.618. The van der Waals surface area contributed by atoms with Crippen molar-refractivity contribution in [3.05, 3.63) is 194 Å². The second kappa shape index (κ2) is 13.0. The third-order valence-corrected chi connectivity index (χ3v) is 10.7. The van der Waals surface area contributed by atoms with Gasteiger partial charge in [-0.05, 0) is 35.4 Å². The summed E-state index contributed by atoms with van der Waals surface area (Å²) in [6.07, 6.45) is 0. The van der Waals surface area contributed by atoms with E-state index < -0.39 is 0 Å². The average molecular weight is 717 g/mol. The molecular weight excluding hydrogens is 685 g/mol. The maximum Gasteiger partial charge on any atom is 0.164 e. The maximum absolute atomic E-state index is 6.83. The molecule has 11 rings (SSSR count). The molecule has 8 aromatic carbocycles. The summed E-state index contributed by atoms with van der Waals surface area (Å²) in [6.45, 7) is 0. The minimum Gasteiger partial charge on any atom is -0.455 e. The Bertz CT molecular complexity index is 3180. The van der Waals surface area contributed by atoms with Gasteiger partial charge in [-0.3, -0.25) is 0 Å². The van der Waals surface area contributed by atoms with Crippen LogP contribution in [-0.2, 0) is 0 Å². The van der Waals surface area contributed by atoms with Crippen molar-refractivity contribution in [3.8, 4) is 62.1 Å². The molecule has 0 aliphatic rings. The predicted molar refractivity (Wildman–Crippen MR) is 229 cm³/mol. The minimum atomic E-state index is 0.618. The number of aromatic nitrogens is 4. The molecule has 0 fully saturated rings. The summed E-state index contributed by atoms with van der Waals surface area (Å²) in [5.41, 5.74) is 12.2. The molecule has 0 aliphatic heterocycles. The number of furan rings is 1. The van der Waals surface area contributed by atoms with Gasteiger partial charge in [-0.15, -0.1) is 0 Å².